The number of rotatable bonds is 7. The number of carbonyl (C=O) groups is 1. The average Bonchev–Trinajstić information content (AvgIpc) is 2.27. The van der Waals surface area contributed by atoms with E-state index in [0.717, 1.165) is 6.42 Å². The zero-order valence-electron chi connectivity index (χ0n) is 13.0. The van der Waals surface area contributed by atoms with Crippen LogP contribution in [0.25, 0.3) is 0 Å². The molecule has 112 valence electrons. The lowest BCUT2D eigenvalue weighted by Gasteiger charge is -2.36. The molecule has 0 aliphatic heterocycles. The number of carbonyl (C=O) groups excluding carboxylic acids is 1. The largest absolute Gasteiger partial charge is 0.463 e. The lowest BCUT2D eigenvalue weighted by Crippen LogP contribution is -2.40. The highest BCUT2D eigenvalue weighted by molar-refractivity contribution is 9.09. The smallest absolute Gasteiger partial charge is 0.334 e. The van der Waals surface area contributed by atoms with Crippen LogP contribution in [0, 0.1) is 0 Å². The summed E-state index contributed by atoms with van der Waals surface area (Å²) in [5.41, 5.74) is 0.667. The average molecular weight is 351 g/mol. The fourth-order valence-corrected chi connectivity index (χ4v) is 2.70. The van der Waals surface area contributed by atoms with Gasteiger partial charge in [0.25, 0.3) is 0 Å². The summed E-state index contributed by atoms with van der Waals surface area (Å²) in [5.74, 6) is -0.244. The standard InChI is InChI=1S/C14H27BrO3Si/c1-7-17-13(16)12(11-15)9-8-10-18-19(5,6)14(2,3)4/h9H,7-8,10-11H2,1-6H3. The zero-order chi connectivity index (χ0) is 15.1. The maximum absolute atomic E-state index is 11.6. The van der Waals surface area contributed by atoms with Gasteiger partial charge in [0, 0.05) is 17.5 Å². The van der Waals surface area contributed by atoms with Crippen LogP contribution in [0.15, 0.2) is 11.6 Å². The van der Waals surface area contributed by atoms with Gasteiger partial charge in [0.2, 0.25) is 0 Å². The van der Waals surface area contributed by atoms with Crippen LogP contribution in [0.5, 0.6) is 0 Å². The molecule has 0 rings (SSSR count). The second-order valence-corrected chi connectivity index (χ2v) is 11.4. The lowest BCUT2D eigenvalue weighted by molar-refractivity contribution is -0.138. The van der Waals surface area contributed by atoms with Crippen LogP contribution in [-0.4, -0.2) is 32.8 Å². The molecule has 0 aromatic heterocycles. The molecule has 0 unspecified atom stereocenters. The first-order chi connectivity index (χ1) is 8.65. The Morgan fingerprint density at radius 3 is 2.32 bits per heavy atom. The van der Waals surface area contributed by atoms with Crippen LogP contribution >= 0.6 is 15.9 Å². The van der Waals surface area contributed by atoms with Crippen molar-refractivity contribution < 1.29 is 14.0 Å². The number of ether oxygens (including phenoxy) is 1. The number of esters is 1. The van der Waals surface area contributed by atoms with Gasteiger partial charge in [-0.1, -0.05) is 42.8 Å². The highest BCUT2D eigenvalue weighted by Crippen LogP contribution is 2.36. The van der Waals surface area contributed by atoms with Gasteiger partial charge in [-0.2, -0.15) is 0 Å². The van der Waals surface area contributed by atoms with E-state index in [0.29, 0.717) is 24.1 Å². The summed E-state index contributed by atoms with van der Waals surface area (Å²) in [6.07, 6.45) is 2.64. The van der Waals surface area contributed by atoms with Crippen LogP contribution in [0.3, 0.4) is 0 Å². The van der Waals surface area contributed by atoms with E-state index in [4.69, 9.17) is 9.16 Å². The summed E-state index contributed by atoms with van der Waals surface area (Å²) < 4.78 is 11.0. The van der Waals surface area contributed by atoms with E-state index in [9.17, 15) is 4.79 Å². The van der Waals surface area contributed by atoms with E-state index in [-0.39, 0.29) is 11.0 Å². The lowest BCUT2D eigenvalue weighted by atomic mass is 10.2. The molecule has 0 radical (unpaired) electrons. The van der Waals surface area contributed by atoms with Gasteiger partial charge in [-0.3, -0.25) is 0 Å². The van der Waals surface area contributed by atoms with E-state index in [2.05, 4.69) is 49.8 Å². The van der Waals surface area contributed by atoms with Crippen LogP contribution < -0.4 is 0 Å². The third-order valence-corrected chi connectivity index (χ3v) is 8.60. The topological polar surface area (TPSA) is 35.5 Å². The number of alkyl halides is 1. The van der Waals surface area contributed by atoms with Crippen molar-refractivity contribution in [2.24, 2.45) is 0 Å². The first-order valence-corrected chi connectivity index (χ1v) is 10.7. The van der Waals surface area contributed by atoms with E-state index in [1.165, 1.54) is 0 Å². The second-order valence-electron chi connectivity index (χ2n) is 5.98. The molecule has 0 atom stereocenters. The van der Waals surface area contributed by atoms with E-state index >= 15 is 0 Å². The minimum atomic E-state index is -1.69. The molecule has 0 fully saturated rings. The SMILES string of the molecule is CCOC(=O)C(=CCCO[Si](C)(C)C(C)(C)C)CBr. The van der Waals surface area contributed by atoms with Gasteiger partial charge in [0.1, 0.15) is 0 Å². The number of halogens is 1. The molecule has 0 spiro atoms. The quantitative estimate of drug-likeness (QED) is 0.226. The van der Waals surface area contributed by atoms with E-state index in [1.54, 1.807) is 0 Å². The predicted octanol–water partition coefficient (Wildman–Crippen LogP) is 4.28. The summed E-state index contributed by atoms with van der Waals surface area (Å²) in [5, 5.41) is 0.738. The van der Waals surface area contributed by atoms with Crippen molar-refractivity contribution in [3.8, 4) is 0 Å². The molecule has 0 aliphatic rings. The van der Waals surface area contributed by atoms with Gasteiger partial charge in [0.15, 0.2) is 8.32 Å². The van der Waals surface area contributed by atoms with Crippen molar-refractivity contribution in [2.75, 3.05) is 18.5 Å². The van der Waals surface area contributed by atoms with Crippen LogP contribution in [0.1, 0.15) is 34.1 Å². The molecular weight excluding hydrogens is 324 g/mol. The molecule has 0 N–H and O–H groups in total. The number of hydrogen-bond acceptors (Lipinski definition) is 3. The Hall–Kier alpha value is -0.133. The van der Waals surface area contributed by atoms with Gasteiger partial charge in [-0.05, 0) is 31.5 Å². The van der Waals surface area contributed by atoms with Gasteiger partial charge in [0.05, 0.1) is 6.61 Å². The van der Waals surface area contributed by atoms with E-state index < -0.39 is 8.32 Å². The van der Waals surface area contributed by atoms with Crippen molar-refractivity contribution >= 4 is 30.2 Å². The first kappa shape index (κ1) is 18.9. The normalized spacial score (nSPS) is 13.5. The minimum absolute atomic E-state index is 0.218. The fraction of sp³-hybridized carbons (Fsp3) is 0.786. The molecule has 0 aliphatic carbocycles. The molecule has 5 heteroatoms. The molecule has 0 bridgehead atoms. The van der Waals surface area contributed by atoms with Crippen molar-refractivity contribution in [1.29, 1.82) is 0 Å². The van der Waals surface area contributed by atoms with Gasteiger partial charge < -0.3 is 9.16 Å². The molecule has 19 heavy (non-hydrogen) atoms. The molecule has 0 heterocycles. The van der Waals surface area contributed by atoms with Crippen molar-refractivity contribution in [2.45, 2.75) is 52.2 Å². The Morgan fingerprint density at radius 1 is 1.32 bits per heavy atom. The second kappa shape index (κ2) is 8.22. The Kier molecular flexibility index (Phi) is 8.16. The summed E-state index contributed by atoms with van der Waals surface area (Å²) in [6, 6.07) is 0. The molecule has 0 saturated heterocycles. The highest BCUT2D eigenvalue weighted by atomic mass is 79.9. The summed E-state index contributed by atoms with van der Waals surface area (Å²) in [7, 11) is -1.69. The van der Waals surface area contributed by atoms with Crippen molar-refractivity contribution in [3.63, 3.8) is 0 Å². The van der Waals surface area contributed by atoms with Crippen LogP contribution in [0.2, 0.25) is 18.1 Å². The monoisotopic (exact) mass is 350 g/mol. The molecule has 3 nitrogen and oxygen atoms in total. The fourth-order valence-electron chi connectivity index (χ4n) is 1.18. The van der Waals surface area contributed by atoms with Gasteiger partial charge >= 0.3 is 5.97 Å². The van der Waals surface area contributed by atoms with Crippen LogP contribution in [-0.2, 0) is 14.0 Å². The Labute approximate surface area is 127 Å². The van der Waals surface area contributed by atoms with Crippen molar-refractivity contribution in [1.82, 2.24) is 0 Å². The van der Waals surface area contributed by atoms with Gasteiger partial charge in [-0.25, -0.2) is 4.79 Å². The van der Waals surface area contributed by atoms with Crippen LogP contribution in [0.4, 0.5) is 0 Å². The maximum atomic E-state index is 11.6. The Bertz CT molecular complexity index is 319. The molecular formula is C14H27BrO3Si. The molecule has 0 aromatic carbocycles. The first-order valence-electron chi connectivity index (χ1n) is 6.71. The maximum Gasteiger partial charge on any atom is 0.334 e. The molecule has 0 saturated carbocycles. The van der Waals surface area contributed by atoms with E-state index in [1.807, 2.05) is 13.0 Å². The predicted molar refractivity (Wildman–Crippen MR) is 86.3 cm³/mol. The van der Waals surface area contributed by atoms with Crippen molar-refractivity contribution in [3.05, 3.63) is 11.6 Å². The third-order valence-electron chi connectivity index (χ3n) is 3.46. The summed E-state index contributed by atoms with van der Waals surface area (Å²) >= 11 is 3.31. The zero-order valence-corrected chi connectivity index (χ0v) is 15.6. The summed E-state index contributed by atoms with van der Waals surface area (Å²) in [4.78, 5) is 11.6. The minimum Gasteiger partial charge on any atom is -0.463 e. The Morgan fingerprint density at radius 2 is 1.89 bits per heavy atom. The molecule has 0 aromatic rings. The Balaban J connectivity index is 4.31. The highest BCUT2D eigenvalue weighted by Gasteiger charge is 2.36. The van der Waals surface area contributed by atoms with Gasteiger partial charge in [-0.15, -0.1) is 0 Å². The molecule has 0 amide bonds. The third kappa shape index (κ3) is 6.72. The number of hydrogen-bond donors (Lipinski definition) is 0. The summed E-state index contributed by atoms with van der Waals surface area (Å²) in [6.45, 7) is 14.0.